The van der Waals surface area contributed by atoms with Gasteiger partial charge in [-0.1, -0.05) is 6.07 Å². The molecule has 0 unspecified atom stereocenters. The largest absolute Gasteiger partial charge is 0.493 e. The molecule has 0 aromatic heterocycles. The second kappa shape index (κ2) is 6.20. The van der Waals surface area contributed by atoms with Crippen LogP contribution in [0.4, 0.5) is 0 Å². The Morgan fingerprint density at radius 3 is 2.71 bits per heavy atom. The molecule has 1 fully saturated rings. The highest BCUT2D eigenvalue weighted by atomic mass is 16.5. The molecule has 1 amide bonds. The van der Waals surface area contributed by atoms with E-state index in [-0.39, 0.29) is 12.0 Å². The zero-order valence-corrected chi connectivity index (χ0v) is 12.4. The molecule has 1 N–H and O–H groups in total. The summed E-state index contributed by atoms with van der Waals surface area (Å²) < 4.78 is 11.5. The van der Waals surface area contributed by atoms with Crippen molar-refractivity contribution in [1.29, 1.82) is 0 Å². The zero-order valence-electron chi connectivity index (χ0n) is 12.4. The summed E-state index contributed by atoms with van der Waals surface area (Å²) in [5.41, 5.74) is 2.09. The predicted molar refractivity (Wildman–Crippen MR) is 81.5 cm³/mol. The van der Waals surface area contributed by atoms with Crippen LogP contribution in [0.25, 0.3) is 5.57 Å². The Kier molecular flexibility index (Phi) is 4.13. The summed E-state index contributed by atoms with van der Waals surface area (Å²) in [5.74, 6) is 1.52. The summed E-state index contributed by atoms with van der Waals surface area (Å²) in [5, 5.41) is 2.81. The first-order valence-corrected chi connectivity index (χ1v) is 7.60. The van der Waals surface area contributed by atoms with Crippen molar-refractivity contribution < 1.29 is 14.3 Å². The van der Waals surface area contributed by atoms with Gasteiger partial charge in [0, 0.05) is 12.6 Å². The Morgan fingerprint density at radius 1 is 1.19 bits per heavy atom. The van der Waals surface area contributed by atoms with Crippen LogP contribution in [0.2, 0.25) is 0 Å². The van der Waals surface area contributed by atoms with Crippen molar-refractivity contribution in [3.63, 3.8) is 0 Å². The molecular weight excluding hydrogens is 266 g/mol. The number of hydrogen-bond donors (Lipinski definition) is 1. The maximum atomic E-state index is 11.5. The number of carbonyl (C=O) groups is 1. The Bertz CT molecular complexity index is 559. The van der Waals surface area contributed by atoms with Crippen molar-refractivity contribution in [2.75, 3.05) is 13.7 Å². The van der Waals surface area contributed by atoms with Gasteiger partial charge in [-0.15, -0.1) is 0 Å². The van der Waals surface area contributed by atoms with Gasteiger partial charge in [-0.2, -0.15) is 0 Å². The number of amides is 1. The minimum atomic E-state index is -0.0228. The first-order valence-electron chi connectivity index (χ1n) is 7.60. The molecule has 1 aliphatic carbocycles. The van der Waals surface area contributed by atoms with Crippen LogP contribution >= 0.6 is 0 Å². The van der Waals surface area contributed by atoms with E-state index in [1.54, 1.807) is 13.2 Å². The highest BCUT2D eigenvalue weighted by Gasteiger charge is 2.19. The molecule has 2 aliphatic rings. The third kappa shape index (κ3) is 3.20. The van der Waals surface area contributed by atoms with Crippen LogP contribution in [0.1, 0.15) is 37.7 Å². The maximum Gasteiger partial charge on any atom is 0.244 e. The molecule has 0 atom stereocenters. The number of benzene rings is 1. The summed E-state index contributed by atoms with van der Waals surface area (Å²) in [6, 6.07) is 5.92. The molecule has 4 nitrogen and oxygen atoms in total. The molecule has 3 rings (SSSR count). The van der Waals surface area contributed by atoms with E-state index in [4.69, 9.17) is 9.47 Å². The lowest BCUT2D eigenvalue weighted by molar-refractivity contribution is -0.116. The molecule has 0 radical (unpaired) electrons. The molecule has 0 bridgehead atoms. The van der Waals surface area contributed by atoms with Gasteiger partial charge in [-0.25, -0.2) is 0 Å². The summed E-state index contributed by atoms with van der Waals surface area (Å²) in [6.45, 7) is 0.690. The number of methoxy groups -OCH3 is 1. The SMILES string of the molecule is COc1ccc(C2=CC(=O)NCC2)cc1OC1CCCC1. The Hall–Kier alpha value is -1.97. The van der Waals surface area contributed by atoms with Gasteiger partial charge < -0.3 is 14.8 Å². The Labute approximate surface area is 125 Å². The molecule has 0 spiro atoms. The number of carbonyl (C=O) groups excluding carboxylic acids is 1. The van der Waals surface area contributed by atoms with Crippen molar-refractivity contribution in [2.45, 2.75) is 38.2 Å². The number of hydrogen-bond acceptors (Lipinski definition) is 3. The molecule has 1 saturated carbocycles. The second-order valence-electron chi connectivity index (χ2n) is 5.60. The fourth-order valence-corrected chi connectivity index (χ4v) is 2.98. The van der Waals surface area contributed by atoms with Crippen molar-refractivity contribution in [2.24, 2.45) is 0 Å². The first-order chi connectivity index (χ1) is 10.3. The average Bonchev–Trinajstić information content (AvgIpc) is 3.00. The van der Waals surface area contributed by atoms with Crippen molar-refractivity contribution >= 4 is 11.5 Å². The van der Waals surface area contributed by atoms with Crippen LogP contribution in [0.3, 0.4) is 0 Å². The van der Waals surface area contributed by atoms with Gasteiger partial charge in [0.1, 0.15) is 0 Å². The van der Waals surface area contributed by atoms with Gasteiger partial charge in [-0.05, 0) is 55.4 Å². The average molecular weight is 287 g/mol. The molecule has 112 valence electrons. The lowest BCUT2D eigenvalue weighted by Crippen LogP contribution is -2.26. The highest BCUT2D eigenvalue weighted by Crippen LogP contribution is 2.34. The standard InChI is InChI=1S/C17H21NO3/c1-20-15-7-6-12(13-8-9-18-17(19)11-13)10-16(15)21-14-4-2-3-5-14/h6-7,10-11,14H,2-5,8-9H2,1H3,(H,18,19). The first kappa shape index (κ1) is 14.0. The molecule has 1 aromatic carbocycles. The van der Waals surface area contributed by atoms with E-state index in [2.05, 4.69) is 5.32 Å². The van der Waals surface area contributed by atoms with Crippen molar-refractivity contribution in [3.05, 3.63) is 29.8 Å². The maximum absolute atomic E-state index is 11.5. The molecule has 1 heterocycles. The fourth-order valence-electron chi connectivity index (χ4n) is 2.98. The van der Waals surface area contributed by atoms with Crippen LogP contribution in [0.5, 0.6) is 11.5 Å². The molecule has 21 heavy (non-hydrogen) atoms. The lowest BCUT2D eigenvalue weighted by Gasteiger charge is -2.19. The molecule has 1 aliphatic heterocycles. The lowest BCUT2D eigenvalue weighted by atomic mass is 9.99. The van der Waals surface area contributed by atoms with Gasteiger partial charge >= 0.3 is 0 Å². The number of rotatable bonds is 4. The Balaban J connectivity index is 1.86. The van der Waals surface area contributed by atoms with E-state index < -0.39 is 0 Å². The van der Waals surface area contributed by atoms with Crippen LogP contribution in [0.15, 0.2) is 24.3 Å². The zero-order chi connectivity index (χ0) is 14.7. The smallest absolute Gasteiger partial charge is 0.244 e. The van der Waals surface area contributed by atoms with Crippen LogP contribution in [-0.2, 0) is 4.79 Å². The molecular formula is C17H21NO3. The van der Waals surface area contributed by atoms with E-state index in [9.17, 15) is 4.79 Å². The van der Waals surface area contributed by atoms with Gasteiger partial charge in [-0.3, -0.25) is 4.79 Å². The van der Waals surface area contributed by atoms with Crippen molar-refractivity contribution in [1.82, 2.24) is 5.32 Å². The summed E-state index contributed by atoms with van der Waals surface area (Å²) in [7, 11) is 1.66. The molecule has 4 heteroatoms. The van der Waals surface area contributed by atoms with Crippen LogP contribution in [0, 0.1) is 0 Å². The van der Waals surface area contributed by atoms with Gasteiger partial charge in [0.15, 0.2) is 11.5 Å². The minimum absolute atomic E-state index is 0.0228. The molecule has 0 saturated heterocycles. The van der Waals surface area contributed by atoms with E-state index in [1.807, 2.05) is 18.2 Å². The van der Waals surface area contributed by atoms with E-state index in [0.29, 0.717) is 6.54 Å². The monoisotopic (exact) mass is 287 g/mol. The quantitative estimate of drug-likeness (QED) is 0.926. The van der Waals surface area contributed by atoms with Gasteiger partial charge in [0.2, 0.25) is 5.91 Å². The second-order valence-corrected chi connectivity index (χ2v) is 5.60. The number of ether oxygens (including phenoxy) is 2. The fraction of sp³-hybridized carbons (Fsp3) is 0.471. The van der Waals surface area contributed by atoms with Crippen LogP contribution in [-0.4, -0.2) is 25.7 Å². The third-order valence-electron chi connectivity index (χ3n) is 4.13. The van der Waals surface area contributed by atoms with Crippen molar-refractivity contribution in [3.8, 4) is 11.5 Å². The molecule has 1 aromatic rings. The Morgan fingerprint density at radius 2 is 2.00 bits per heavy atom. The summed E-state index contributed by atoms with van der Waals surface area (Å²) in [4.78, 5) is 11.5. The summed E-state index contributed by atoms with van der Waals surface area (Å²) >= 11 is 0. The topological polar surface area (TPSA) is 47.6 Å². The highest BCUT2D eigenvalue weighted by molar-refractivity contribution is 5.97. The minimum Gasteiger partial charge on any atom is -0.493 e. The third-order valence-corrected chi connectivity index (χ3v) is 4.13. The van der Waals surface area contributed by atoms with E-state index >= 15 is 0 Å². The normalized spacial score (nSPS) is 19.1. The predicted octanol–water partition coefficient (Wildman–Crippen LogP) is 2.92. The summed E-state index contributed by atoms with van der Waals surface area (Å²) in [6.07, 6.45) is 7.50. The van der Waals surface area contributed by atoms with E-state index in [1.165, 1.54) is 12.8 Å². The number of nitrogens with one attached hydrogen (secondary N) is 1. The van der Waals surface area contributed by atoms with Crippen LogP contribution < -0.4 is 14.8 Å². The van der Waals surface area contributed by atoms with E-state index in [0.717, 1.165) is 41.9 Å². The van der Waals surface area contributed by atoms with Gasteiger partial charge in [0.05, 0.1) is 13.2 Å². The van der Waals surface area contributed by atoms with Gasteiger partial charge in [0.25, 0.3) is 0 Å².